The van der Waals surface area contributed by atoms with E-state index >= 15 is 0 Å². The lowest BCUT2D eigenvalue weighted by molar-refractivity contribution is 0.0952. The van der Waals surface area contributed by atoms with Crippen LogP contribution in [-0.4, -0.2) is 26.5 Å². The van der Waals surface area contributed by atoms with Crippen molar-refractivity contribution in [2.24, 2.45) is 0 Å². The highest BCUT2D eigenvalue weighted by Gasteiger charge is 2.17. The number of hydrogen-bond donors (Lipinski definition) is 1. The summed E-state index contributed by atoms with van der Waals surface area (Å²) in [6, 6.07) is 9.55. The van der Waals surface area contributed by atoms with Crippen molar-refractivity contribution in [2.75, 3.05) is 6.61 Å². The van der Waals surface area contributed by atoms with Gasteiger partial charge in [-0.1, -0.05) is 18.2 Å². The van der Waals surface area contributed by atoms with E-state index in [9.17, 15) is 5.11 Å². The van der Waals surface area contributed by atoms with Crippen LogP contribution in [0.3, 0.4) is 0 Å². The SMILES string of the molecule is CC(C)n1ncnc1C(O)COc1ccccc1. The molecule has 0 aliphatic heterocycles. The molecule has 18 heavy (non-hydrogen) atoms. The number of rotatable bonds is 5. The van der Waals surface area contributed by atoms with Crippen LogP contribution in [0.2, 0.25) is 0 Å². The first-order valence-corrected chi connectivity index (χ1v) is 5.94. The van der Waals surface area contributed by atoms with E-state index in [4.69, 9.17) is 4.74 Å². The second kappa shape index (κ2) is 5.64. The summed E-state index contributed by atoms with van der Waals surface area (Å²) < 4.78 is 7.19. The fourth-order valence-corrected chi connectivity index (χ4v) is 1.66. The Balaban J connectivity index is 1.99. The Morgan fingerprint density at radius 3 is 2.67 bits per heavy atom. The van der Waals surface area contributed by atoms with Crippen LogP contribution in [0, 0.1) is 0 Å². The minimum atomic E-state index is -0.782. The van der Waals surface area contributed by atoms with Gasteiger partial charge in [-0.25, -0.2) is 9.67 Å². The quantitative estimate of drug-likeness (QED) is 0.877. The molecule has 1 heterocycles. The monoisotopic (exact) mass is 247 g/mol. The van der Waals surface area contributed by atoms with Crippen molar-refractivity contribution in [2.45, 2.75) is 26.0 Å². The molecule has 1 unspecified atom stereocenters. The normalized spacial score (nSPS) is 12.7. The molecule has 0 radical (unpaired) electrons. The Hall–Kier alpha value is -1.88. The van der Waals surface area contributed by atoms with Gasteiger partial charge in [-0.05, 0) is 26.0 Å². The third-order valence-corrected chi connectivity index (χ3v) is 2.54. The van der Waals surface area contributed by atoms with Gasteiger partial charge in [0.2, 0.25) is 0 Å². The summed E-state index contributed by atoms with van der Waals surface area (Å²) in [5, 5.41) is 14.1. The molecule has 96 valence electrons. The zero-order valence-corrected chi connectivity index (χ0v) is 10.5. The van der Waals surface area contributed by atoms with Gasteiger partial charge in [0.15, 0.2) is 5.82 Å². The molecule has 1 aromatic heterocycles. The average molecular weight is 247 g/mol. The molecule has 2 aromatic rings. The minimum Gasteiger partial charge on any atom is -0.490 e. The Morgan fingerprint density at radius 1 is 1.28 bits per heavy atom. The molecule has 0 bridgehead atoms. The van der Waals surface area contributed by atoms with Crippen molar-refractivity contribution in [1.29, 1.82) is 0 Å². The Morgan fingerprint density at radius 2 is 2.00 bits per heavy atom. The van der Waals surface area contributed by atoms with E-state index in [1.807, 2.05) is 44.2 Å². The third-order valence-electron chi connectivity index (χ3n) is 2.54. The molecule has 1 N–H and O–H groups in total. The van der Waals surface area contributed by atoms with Gasteiger partial charge in [0.25, 0.3) is 0 Å². The number of para-hydroxylation sites is 1. The fourth-order valence-electron chi connectivity index (χ4n) is 1.66. The fraction of sp³-hybridized carbons (Fsp3) is 0.385. The number of nitrogens with zero attached hydrogens (tertiary/aromatic N) is 3. The lowest BCUT2D eigenvalue weighted by Gasteiger charge is -2.15. The van der Waals surface area contributed by atoms with Gasteiger partial charge in [0, 0.05) is 6.04 Å². The smallest absolute Gasteiger partial charge is 0.159 e. The van der Waals surface area contributed by atoms with Crippen molar-refractivity contribution in [3.63, 3.8) is 0 Å². The number of benzene rings is 1. The topological polar surface area (TPSA) is 60.2 Å². The van der Waals surface area contributed by atoms with Crippen molar-refractivity contribution < 1.29 is 9.84 Å². The van der Waals surface area contributed by atoms with Crippen LogP contribution in [0.25, 0.3) is 0 Å². The highest BCUT2D eigenvalue weighted by molar-refractivity contribution is 5.21. The van der Waals surface area contributed by atoms with Gasteiger partial charge >= 0.3 is 0 Å². The summed E-state index contributed by atoms with van der Waals surface area (Å²) in [7, 11) is 0. The molecule has 0 amide bonds. The van der Waals surface area contributed by atoms with Gasteiger partial charge in [0.05, 0.1) is 0 Å². The van der Waals surface area contributed by atoms with Crippen molar-refractivity contribution in [3.8, 4) is 5.75 Å². The van der Waals surface area contributed by atoms with Gasteiger partial charge in [0.1, 0.15) is 24.8 Å². The molecular weight excluding hydrogens is 230 g/mol. The summed E-state index contributed by atoms with van der Waals surface area (Å²) >= 11 is 0. The second-order valence-electron chi connectivity index (χ2n) is 4.30. The largest absolute Gasteiger partial charge is 0.490 e. The number of aliphatic hydroxyl groups excluding tert-OH is 1. The first-order valence-electron chi connectivity index (χ1n) is 5.94. The van der Waals surface area contributed by atoms with E-state index in [-0.39, 0.29) is 12.6 Å². The molecule has 0 spiro atoms. The maximum atomic E-state index is 10.1. The highest BCUT2D eigenvalue weighted by atomic mass is 16.5. The van der Waals surface area contributed by atoms with E-state index in [2.05, 4.69) is 10.1 Å². The number of aromatic nitrogens is 3. The van der Waals surface area contributed by atoms with Crippen LogP contribution in [0.4, 0.5) is 0 Å². The van der Waals surface area contributed by atoms with Gasteiger partial charge in [-0.2, -0.15) is 5.10 Å². The summed E-state index contributed by atoms with van der Waals surface area (Å²) in [6.07, 6.45) is 0.663. The van der Waals surface area contributed by atoms with Crippen molar-refractivity contribution in [3.05, 3.63) is 42.5 Å². The van der Waals surface area contributed by atoms with Crippen molar-refractivity contribution in [1.82, 2.24) is 14.8 Å². The van der Waals surface area contributed by atoms with Gasteiger partial charge in [-0.15, -0.1) is 0 Å². The van der Waals surface area contributed by atoms with E-state index in [1.54, 1.807) is 4.68 Å². The van der Waals surface area contributed by atoms with Crippen LogP contribution in [0.15, 0.2) is 36.7 Å². The summed E-state index contributed by atoms with van der Waals surface area (Å²) in [5.74, 6) is 1.26. The van der Waals surface area contributed by atoms with Crippen LogP contribution in [-0.2, 0) is 0 Å². The average Bonchev–Trinajstić information content (AvgIpc) is 2.86. The van der Waals surface area contributed by atoms with Gasteiger partial charge in [-0.3, -0.25) is 0 Å². The molecule has 0 aliphatic rings. The second-order valence-corrected chi connectivity index (χ2v) is 4.30. The molecule has 5 nitrogen and oxygen atoms in total. The zero-order chi connectivity index (χ0) is 13.0. The molecular formula is C13H17N3O2. The summed E-state index contributed by atoms with van der Waals surface area (Å²) in [4.78, 5) is 4.07. The molecule has 1 atom stereocenters. The minimum absolute atomic E-state index is 0.161. The van der Waals surface area contributed by atoms with E-state index in [0.717, 1.165) is 5.75 Å². The number of hydrogen-bond acceptors (Lipinski definition) is 4. The van der Waals surface area contributed by atoms with Gasteiger partial charge < -0.3 is 9.84 Å². The molecule has 2 rings (SSSR count). The van der Waals surface area contributed by atoms with Crippen LogP contribution in [0.5, 0.6) is 5.75 Å². The Kier molecular flexibility index (Phi) is 3.94. The maximum Gasteiger partial charge on any atom is 0.159 e. The predicted octanol–water partition coefficient (Wildman–Crippen LogP) is 1.97. The third kappa shape index (κ3) is 2.87. The first-order chi connectivity index (χ1) is 8.68. The standard InChI is InChI=1S/C13H17N3O2/c1-10(2)16-13(14-9-15-16)12(17)8-18-11-6-4-3-5-7-11/h3-7,9-10,12,17H,8H2,1-2H3. The molecule has 0 fully saturated rings. The Bertz CT molecular complexity index is 482. The summed E-state index contributed by atoms with van der Waals surface area (Å²) in [5.41, 5.74) is 0. The lowest BCUT2D eigenvalue weighted by atomic mass is 10.3. The molecule has 1 aromatic carbocycles. The first kappa shape index (κ1) is 12.6. The van der Waals surface area contributed by atoms with Crippen molar-refractivity contribution >= 4 is 0 Å². The highest BCUT2D eigenvalue weighted by Crippen LogP contribution is 2.16. The lowest BCUT2D eigenvalue weighted by Crippen LogP contribution is -2.17. The maximum absolute atomic E-state index is 10.1. The molecule has 5 heteroatoms. The Labute approximate surface area is 106 Å². The number of ether oxygens (including phenoxy) is 1. The van der Waals surface area contributed by atoms with Crippen LogP contribution in [0.1, 0.15) is 31.8 Å². The predicted molar refractivity (Wildman–Crippen MR) is 67.3 cm³/mol. The van der Waals surface area contributed by atoms with E-state index < -0.39 is 6.10 Å². The summed E-state index contributed by atoms with van der Waals surface area (Å²) in [6.45, 7) is 4.14. The number of aliphatic hydroxyl groups is 1. The molecule has 0 saturated carbocycles. The van der Waals surface area contributed by atoms with E-state index in [0.29, 0.717) is 5.82 Å². The van der Waals surface area contributed by atoms with E-state index in [1.165, 1.54) is 6.33 Å². The zero-order valence-electron chi connectivity index (χ0n) is 10.5. The van der Waals surface area contributed by atoms with Crippen LogP contribution < -0.4 is 4.74 Å². The van der Waals surface area contributed by atoms with Crippen LogP contribution >= 0.6 is 0 Å². The molecule has 0 saturated heterocycles. The molecule has 0 aliphatic carbocycles.